The zero-order chi connectivity index (χ0) is 19.2. The van der Waals surface area contributed by atoms with Crippen molar-refractivity contribution in [1.82, 2.24) is 0 Å². The first kappa shape index (κ1) is 19.9. The van der Waals surface area contributed by atoms with Gasteiger partial charge in [0.1, 0.15) is 5.60 Å². The van der Waals surface area contributed by atoms with Crippen LogP contribution in [0.15, 0.2) is 55.7 Å². The van der Waals surface area contributed by atoms with Crippen molar-refractivity contribution in [3.63, 3.8) is 0 Å². The number of carboxylic acid groups (broad SMARTS) is 2. The molecule has 25 heavy (non-hydrogen) atoms. The number of carboxylic acids is 2. The number of benzene rings is 1. The topological polar surface area (TPSA) is 101 Å². The van der Waals surface area contributed by atoms with E-state index in [0.29, 0.717) is 5.57 Å². The fourth-order valence-corrected chi connectivity index (χ4v) is 2.33. The summed E-state index contributed by atoms with van der Waals surface area (Å²) in [6.45, 7) is 12.8. The molecular formula is C19H20O6. The van der Waals surface area contributed by atoms with E-state index in [4.69, 9.17) is 9.84 Å². The van der Waals surface area contributed by atoms with Crippen LogP contribution in [0.4, 0.5) is 0 Å². The lowest BCUT2D eigenvalue weighted by Gasteiger charge is -2.32. The van der Waals surface area contributed by atoms with Gasteiger partial charge in [-0.25, -0.2) is 14.4 Å². The van der Waals surface area contributed by atoms with Crippen LogP contribution in [0.25, 0.3) is 0 Å². The maximum Gasteiger partial charge on any atom is 0.339 e. The fraction of sp³-hybridized carbons (Fsp3) is 0.211. The fourth-order valence-electron chi connectivity index (χ4n) is 2.33. The van der Waals surface area contributed by atoms with Crippen LogP contribution < -0.4 is 0 Å². The van der Waals surface area contributed by atoms with Crippen LogP contribution >= 0.6 is 0 Å². The average molecular weight is 344 g/mol. The van der Waals surface area contributed by atoms with Gasteiger partial charge in [0.25, 0.3) is 0 Å². The van der Waals surface area contributed by atoms with Gasteiger partial charge in [0.05, 0.1) is 16.7 Å². The largest absolute Gasteiger partial charge is 0.478 e. The smallest absolute Gasteiger partial charge is 0.339 e. The van der Waals surface area contributed by atoms with Gasteiger partial charge in [-0.1, -0.05) is 18.7 Å². The first-order valence-electron chi connectivity index (χ1n) is 7.40. The second-order valence-electron chi connectivity index (χ2n) is 5.52. The zero-order valence-corrected chi connectivity index (χ0v) is 13.9. The van der Waals surface area contributed by atoms with Gasteiger partial charge in [-0.3, -0.25) is 0 Å². The predicted octanol–water partition coefficient (Wildman–Crippen LogP) is 3.71. The Labute approximate surface area is 145 Å². The van der Waals surface area contributed by atoms with Crippen LogP contribution in [0, 0.1) is 0 Å². The Morgan fingerprint density at radius 1 is 1.08 bits per heavy atom. The summed E-state index contributed by atoms with van der Waals surface area (Å²) in [4.78, 5) is 35.0. The van der Waals surface area contributed by atoms with Gasteiger partial charge >= 0.3 is 17.9 Å². The van der Waals surface area contributed by atoms with Gasteiger partial charge in [0.2, 0.25) is 0 Å². The van der Waals surface area contributed by atoms with Crippen molar-refractivity contribution in [1.29, 1.82) is 0 Å². The number of carbonyl (C=O) groups excluding carboxylic acids is 1. The maximum atomic E-state index is 12.6. The van der Waals surface area contributed by atoms with E-state index in [-0.39, 0.29) is 24.0 Å². The number of hydrogen-bond acceptors (Lipinski definition) is 4. The molecule has 132 valence electrons. The molecule has 1 rings (SSSR count). The number of hydrogen-bond donors (Lipinski definition) is 2. The Balaban J connectivity index is 3.35. The monoisotopic (exact) mass is 344 g/mol. The Bertz CT molecular complexity index is 734. The van der Waals surface area contributed by atoms with Crippen LogP contribution in [-0.4, -0.2) is 33.7 Å². The summed E-state index contributed by atoms with van der Waals surface area (Å²) in [6.07, 6.45) is 3.68. The lowest BCUT2D eigenvalue weighted by Crippen LogP contribution is -2.36. The Morgan fingerprint density at radius 2 is 1.64 bits per heavy atom. The molecule has 0 saturated carbocycles. The highest BCUT2D eigenvalue weighted by Gasteiger charge is 2.34. The van der Waals surface area contributed by atoms with Crippen molar-refractivity contribution in [2.45, 2.75) is 25.4 Å². The molecule has 0 heterocycles. The van der Waals surface area contributed by atoms with Gasteiger partial charge in [0.15, 0.2) is 0 Å². The van der Waals surface area contributed by atoms with E-state index in [1.165, 1.54) is 0 Å². The highest BCUT2D eigenvalue weighted by molar-refractivity contribution is 6.04. The van der Waals surface area contributed by atoms with E-state index in [1.807, 2.05) is 0 Å². The lowest BCUT2D eigenvalue weighted by molar-refractivity contribution is 0.00106. The Hall–Kier alpha value is -3.15. The van der Waals surface area contributed by atoms with E-state index >= 15 is 0 Å². The molecule has 0 saturated heterocycles. The zero-order valence-electron chi connectivity index (χ0n) is 13.9. The molecule has 1 aromatic carbocycles. The van der Waals surface area contributed by atoms with E-state index < -0.39 is 29.1 Å². The Morgan fingerprint density at radius 3 is 2.04 bits per heavy atom. The number of aromatic carboxylic acids is 2. The molecule has 0 spiro atoms. The average Bonchev–Trinajstić information content (AvgIpc) is 2.54. The quantitative estimate of drug-likeness (QED) is 0.523. The molecule has 0 radical (unpaired) electrons. The normalized spacial score (nSPS) is 10.6. The first-order chi connectivity index (χ1) is 11.7. The Kier molecular flexibility index (Phi) is 6.45. The number of carbonyl (C=O) groups is 3. The third kappa shape index (κ3) is 4.44. The van der Waals surface area contributed by atoms with Gasteiger partial charge in [0, 0.05) is 12.8 Å². The minimum absolute atomic E-state index is 0.239. The van der Waals surface area contributed by atoms with Gasteiger partial charge < -0.3 is 14.9 Å². The molecular weight excluding hydrogens is 324 g/mol. The molecule has 0 aliphatic heterocycles. The maximum absolute atomic E-state index is 12.6. The van der Waals surface area contributed by atoms with E-state index in [2.05, 4.69) is 19.7 Å². The minimum Gasteiger partial charge on any atom is -0.478 e. The van der Waals surface area contributed by atoms with Gasteiger partial charge in [-0.15, -0.1) is 13.2 Å². The van der Waals surface area contributed by atoms with E-state index in [9.17, 15) is 19.5 Å². The van der Waals surface area contributed by atoms with Gasteiger partial charge in [-0.05, 0) is 30.7 Å². The summed E-state index contributed by atoms with van der Waals surface area (Å²) >= 11 is 0. The minimum atomic E-state index is -1.43. The van der Waals surface area contributed by atoms with E-state index in [0.717, 1.165) is 18.2 Å². The van der Waals surface area contributed by atoms with Gasteiger partial charge in [-0.2, -0.15) is 0 Å². The molecule has 6 nitrogen and oxygen atoms in total. The molecule has 0 atom stereocenters. The molecule has 6 heteroatoms. The van der Waals surface area contributed by atoms with Crippen molar-refractivity contribution in [2.24, 2.45) is 0 Å². The lowest BCUT2D eigenvalue weighted by atomic mass is 9.88. The number of ether oxygens (including phenoxy) is 1. The standard InChI is InChI=1S/C19H20O6/c1-5-9-19(10-6-2,12(3)4)25-18(24)14-8-7-13(16(20)21)11-15(14)17(22)23/h5-8,11H,1-3,9-10H2,4H3,(H,20,21)(H,22,23). The summed E-state index contributed by atoms with van der Waals surface area (Å²) in [6, 6.07) is 3.19. The molecule has 0 aliphatic rings. The number of rotatable bonds is 9. The second-order valence-corrected chi connectivity index (χ2v) is 5.52. The highest BCUT2D eigenvalue weighted by Crippen LogP contribution is 2.31. The predicted molar refractivity (Wildman–Crippen MR) is 92.9 cm³/mol. The summed E-state index contributed by atoms with van der Waals surface area (Å²) < 4.78 is 5.57. The van der Waals surface area contributed by atoms with Crippen molar-refractivity contribution < 1.29 is 29.3 Å². The molecule has 0 unspecified atom stereocenters. The van der Waals surface area contributed by atoms with Crippen molar-refractivity contribution in [2.75, 3.05) is 0 Å². The molecule has 0 fully saturated rings. The third-order valence-electron chi connectivity index (χ3n) is 3.73. The molecule has 2 N–H and O–H groups in total. The first-order valence-corrected chi connectivity index (χ1v) is 7.40. The summed E-state index contributed by atoms with van der Waals surface area (Å²) in [7, 11) is 0. The van der Waals surface area contributed by atoms with Crippen LogP contribution in [0.3, 0.4) is 0 Å². The summed E-state index contributed by atoms with van der Waals surface area (Å²) in [5.74, 6) is -3.61. The number of esters is 1. The summed E-state index contributed by atoms with van der Waals surface area (Å²) in [5.41, 5.74) is -1.46. The third-order valence-corrected chi connectivity index (χ3v) is 3.73. The SMILES string of the molecule is C=CCC(CC=C)(OC(=O)c1ccc(C(=O)O)cc1C(=O)O)C(=C)C. The van der Waals surface area contributed by atoms with Crippen LogP contribution in [0.2, 0.25) is 0 Å². The van der Waals surface area contributed by atoms with Crippen LogP contribution in [0.5, 0.6) is 0 Å². The van der Waals surface area contributed by atoms with Crippen molar-refractivity contribution in [3.05, 3.63) is 72.4 Å². The molecule has 0 amide bonds. The van der Waals surface area contributed by atoms with Crippen LogP contribution in [0.1, 0.15) is 50.8 Å². The highest BCUT2D eigenvalue weighted by atomic mass is 16.6. The van der Waals surface area contributed by atoms with Crippen molar-refractivity contribution in [3.8, 4) is 0 Å². The molecule has 0 aliphatic carbocycles. The van der Waals surface area contributed by atoms with Crippen molar-refractivity contribution >= 4 is 17.9 Å². The van der Waals surface area contributed by atoms with Crippen LogP contribution in [-0.2, 0) is 4.74 Å². The second kappa shape index (κ2) is 8.10. The molecule has 0 aromatic heterocycles. The van der Waals surface area contributed by atoms with E-state index in [1.54, 1.807) is 19.1 Å². The molecule has 0 bridgehead atoms. The summed E-state index contributed by atoms with van der Waals surface area (Å²) in [5, 5.41) is 18.3. The molecule has 1 aromatic rings.